The Morgan fingerprint density at radius 2 is 1.79 bits per heavy atom. The molecule has 1 saturated carbocycles. The summed E-state index contributed by atoms with van der Waals surface area (Å²) < 4.78 is 101. The van der Waals surface area contributed by atoms with Gasteiger partial charge < -0.3 is 14.6 Å². The first-order chi connectivity index (χ1) is 19.8. The van der Waals surface area contributed by atoms with Crippen molar-refractivity contribution < 1.29 is 35.5 Å². The highest BCUT2D eigenvalue weighted by atomic mass is 19.4. The first kappa shape index (κ1) is 29.3. The molecule has 15 heteroatoms. The Kier molecular flexibility index (Phi) is 7.86. The Bertz CT molecular complexity index is 1640. The van der Waals surface area contributed by atoms with Crippen molar-refractivity contribution >= 4 is 16.7 Å². The van der Waals surface area contributed by atoms with Crippen LogP contribution in [0.3, 0.4) is 0 Å². The van der Waals surface area contributed by atoms with Crippen LogP contribution in [0, 0.1) is 5.82 Å². The minimum absolute atomic E-state index is 0.210. The van der Waals surface area contributed by atoms with Gasteiger partial charge in [-0.15, -0.1) is 0 Å². The van der Waals surface area contributed by atoms with Gasteiger partial charge in [-0.3, -0.25) is 9.48 Å². The van der Waals surface area contributed by atoms with E-state index in [-0.39, 0.29) is 6.04 Å². The Morgan fingerprint density at radius 1 is 1.05 bits per heavy atom. The number of ether oxygens (including phenoxy) is 1. The molecule has 0 saturated heterocycles. The lowest BCUT2D eigenvalue weighted by Crippen LogP contribution is -2.27. The van der Waals surface area contributed by atoms with E-state index in [2.05, 4.69) is 15.3 Å². The molecule has 4 aromatic heterocycles. The van der Waals surface area contributed by atoms with Gasteiger partial charge in [-0.05, 0) is 44.7 Å². The highest BCUT2D eigenvalue weighted by Gasteiger charge is 2.37. The number of alkyl halides is 6. The van der Waals surface area contributed by atoms with Crippen LogP contribution in [0.25, 0.3) is 22.2 Å². The van der Waals surface area contributed by atoms with Crippen LogP contribution in [0.4, 0.5) is 36.6 Å². The van der Waals surface area contributed by atoms with Crippen molar-refractivity contribution in [2.24, 2.45) is 0 Å². The zero-order valence-corrected chi connectivity index (χ0v) is 22.1. The largest absolute Gasteiger partial charge is 0.472 e. The normalized spacial score (nSPS) is 17.9. The summed E-state index contributed by atoms with van der Waals surface area (Å²) in [6, 6.07) is 4.56. The number of halogens is 7. The van der Waals surface area contributed by atoms with Crippen molar-refractivity contribution in [1.29, 1.82) is 0 Å². The standard InChI is InChI=1S/C27H25F7N6O2/c1-2-35-21-11-20-18(12-37-21)24(15-3-8-22(41)39(13-15)14-26(29,30)31)38-40(20)16-4-6-17(7-5-16)42-25-23(28)19(9-10-36-25)27(32,33)34/h3,8-13,16-17H,2,4-7,14H2,1H3,(H,35,37). The van der Waals surface area contributed by atoms with E-state index in [0.717, 1.165) is 18.5 Å². The third kappa shape index (κ3) is 6.19. The molecule has 0 radical (unpaired) electrons. The van der Waals surface area contributed by atoms with Crippen molar-refractivity contribution in [3.8, 4) is 17.1 Å². The Morgan fingerprint density at radius 3 is 2.45 bits per heavy atom. The molecule has 5 rings (SSSR count). The van der Waals surface area contributed by atoms with Crippen LogP contribution in [0.5, 0.6) is 5.88 Å². The second-order valence-electron chi connectivity index (χ2n) is 9.93. The Labute approximate surface area is 234 Å². The van der Waals surface area contributed by atoms with Crippen molar-refractivity contribution in [2.75, 3.05) is 11.9 Å². The number of hydrogen-bond donors (Lipinski definition) is 1. The number of nitrogens with zero attached hydrogens (tertiary/aromatic N) is 5. The van der Waals surface area contributed by atoms with Crippen LogP contribution < -0.4 is 15.6 Å². The van der Waals surface area contributed by atoms with E-state index in [4.69, 9.17) is 9.84 Å². The van der Waals surface area contributed by atoms with Crippen LogP contribution in [0.15, 0.2) is 47.7 Å². The molecule has 4 heterocycles. The SMILES string of the molecule is CCNc1cc2c(cn1)c(-c1ccc(=O)n(CC(F)(F)F)c1)nn2C1CCC(Oc2nccc(C(F)(F)F)c2F)CC1. The highest BCUT2D eigenvalue weighted by molar-refractivity contribution is 5.93. The van der Waals surface area contributed by atoms with Gasteiger partial charge in [-0.2, -0.15) is 31.4 Å². The quantitative estimate of drug-likeness (QED) is 0.249. The summed E-state index contributed by atoms with van der Waals surface area (Å²) in [5.74, 6) is -1.72. The van der Waals surface area contributed by atoms with E-state index in [0.29, 0.717) is 70.8 Å². The first-order valence-corrected chi connectivity index (χ1v) is 13.1. The number of aromatic nitrogens is 5. The molecular formula is C27H25F7N6O2. The van der Waals surface area contributed by atoms with Crippen molar-refractivity contribution in [2.45, 2.75) is 63.7 Å². The van der Waals surface area contributed by atoms with Crippen LogP contribution in [0.2, 0.25) is 0 Å². The third-order valence-corrected chi connectivity index (χ3v) is 6.99. The number of rotatable bonds is 7. The monoisotopic (exact) mass is 598 g/mol. The lowest BCUT2D eigenvalue weighted by atomic mass is 9.93. The molecule has 42 heavy (non-hydrogen) atoms. The summed E-state index contributed by atoms with van der Waals surface area (Å²) >= 11 is 0. The molecule has 1 N–H and O–H groups in total. The fourth-order valence-electron chi connectivity index (χ4n) is 5.08. The summed E-state index contributed by atoms with van der Waals surface area (Å²) in [6.45, 7) is 1.03. The molecule has 1 aliphatic rings. The van der Waals surface area contributed by atoms with Crippen molar-refractivity contribution in [3.63, 3.8) is 0 Å². The zero-order chi connectivity index (χ0) is 30.2. The maximum Gasteiger partial charge on any atom is 0.419 e. The predicted octanol–water partition coefficient (Wildman–Crippen LogP) is 6.37. The molecule has 0 aliphatic heterocycles. The molecule has 0 bridgehead atoms. The molecule has 1 fully saturated rings. The van der Waals surface area contributed by atoms with Gasteiger partial charge in [0.15, 0.2) is 5.82 Å². The molecule has 0 spiro atoms. The minimum atomic E-state index is -4.89. The second-order valence-corrected chi connectivity index (χ2v) is 9.93. The number of pyridine rings is 3. The lowest BCUT2D eigenvalue weighted by Gasteiger charge is -2.29. The molecule has 1 aliphatic carbocycles. The molecule has 0 atom stereocenters. The highest BCUT2D eigenvalue weighted by Crippen LogP contribution is 2.38. The number of hydrogen-bond acceptors (Lipinski definition) is 6. The predicted molar refractivity (Wildman–Crippen MR) is 139 cm³/mol. The van der Waals surface area contributed by atoms with E-state index in [9.17, 15) is 35.5 Å². The van der Waals surface area contributed by atoms with Crippen molar-refractivity contribution in [1.82, 2.24) is 24.3 Å². The summed E-state index contributed by atoms with van der Waals surface area (Å²) in [6.07, 6.45) is -4.90. The van der Waals surface area contributed by atoms with Gasteiger partial charge in [0.1, 0.15) is 24.2 Å². The van der Waals surface area contributed by atoms with E-state index >= 15 is 0 Å². The first-order valence-electron chi connectivity index (χ1n) is 13.1. The van der Waals surface area contributed by atoms with E-state index in [1.165, 1.54) is 6.07 Å². The minimum Gasteiger partial charge on any atom is -0.472 e. The molecule has 8 nitrogen and oxygen atoms in total. The van der Waals surface area contributed by atoms with Gasteiger partial charge in [-0.25, -0.2) is 14.4 Å². The van der Waals surface area contributed by atoms with Gasteiger partial charge >= 0.3 is 12.4 Å². The average Bonchev–Trinajstić information content (AvgIpc) is 3.29. The molecule has 0 aromatic carbocycles. The van der Waals surface area contributed by atoms with Crippen molar-refractivity contribution in [3.05, 3.63) is 64.6 Å². The lowest BCUT2D eigenvalue weighted by molar-refractivity contribution is -0.141. The van der Waals surface area contributed by atoms with E-state index in [1.807, 2.05) is 6.92 Å². The molecule has 4 aromatic rings. The maximum atomic E-state index is 14.4. The molecule has 224 valence electrons. The molecule has 0 unspecified atom stereocenters. The molecule has 0 amide bonds. The second kappa shape index (κ2) is 11.2. The fourth-order valence-corrected chi connectivity index (χ4v) is 5.08. The van der Waals surface area contributed by atoms with Gasteiger partial charge in [0, 0.05) is 48.2 Å². The van der Waals surface area contributed by atoms with Gasteiger partial charge in [0.25, 0.3) is 11.4 Å². The third-order valence-electron chi connectivity index (χ3n) is 6.99. The number of nitrogens with one attached hydrogen (secondary N) is 1. The number of anilines is 1. The van der Waals surface area contributed by atoms with Gasteiger partial charge in [0.2, 0.25) is 0 Å². The topological polar surface area (TPSA) is 86.9 Å². The van der Waals surface area contributed by atoms with Crippen LogP contribution in [-0.4, -0.2) is 43.1 Å². The van der Waals surface area contributed by atoms with Crippen LogP contribution in [-0.2, 0) is 12.7 Å². The zero-order valence-electron chi connectivity index (χ0n) is 22.1. The maximum absolute atomic E-state index is 14.4. The van der Waals surface area contributed by atoms with Crippen LogP contribution in [0.1, 0.15) is 44.2 Å². The summed E-state index contributed by atoms with van der Waals surface area (Å²) in [7, 11) is 0. The summed E-state index contributed by atoms with van der Waals surface area (Å²) in [4.78, 5) is 20.1. The van der Waals surface area contributed by atoms with Gasteiger partial charge in [0.05, 0.1) is 17.1 Å². The summed E-state index contributed by atoms with van der Waals surface area (Å²) in [5.41, 5.74) is -0.978. The smallest absolute Gasteiger partial charge is 0.419 e. The molecular weight excluding hydrogens is 573 g/mol. The Balaban J connectivity index is 1.43. The number of fused-ring (bicyclic) bond motifs is 1. The summed E-state index contributed by atoms with van der Waals surface area (Å²) in [5, 5.41) is 8.40. The average molecular weight is 599 g/mol. The van der Waals surface area contributed by atoms with Gasteiger partial charge in [-0.1, -0.05) is 0 Å². The fraction of sp³-hybridized carbons (Fsp3) is 0.407. The van der Waals surface area contributed by atoms with Crippen LogP contribution >= 0.6 is 0 Å². The Hall–Kier alpha value is -4.17. The van der Waals surface area contributed by atoms with E-state index in [1.54, 1.807) is 16.9 Å². The van der Waals surface area contributed by atoms with E-state index < -0.39 is 47.8 Å².